The third-order valence-electron chi connectivity index (χ3n) is 8.21. The van der Waals surface area contributed by atoms with E-state index in [0.717, 1.165) is 39.3 Å². The minimum Gasteiger partial charge on any atom is -0.488 e. The van der Waals surface area contributed by atoms with Crippen LogP contribution in [0.3, 0.4) is 0 Å². The summed E-state index contributed by atoms with van der Waals surface area (Å²) in [5.41, 5.74) is 5.54. The van der Waals surface area contributed by atoms with E-state index in [0.29, 0.717) is 46.4 Å². The van der Waals surface area contributed by atoms with Crippen LogP contribution >= 0.6 is 11.6 Å². The minimum atomic E-state index is -1.36. The highest BCUT2D eigenvalue weighted by Gasteiger charge is 2.32. The van der Waals surface area contributed by atoms with Gasteiger partial charge in [-0.25, -0.2) is 0 Å². The van der Waals surface area contributed by atoms with Gasteiger partial charge in [-0.15, -0.1) is 0 Å². The number of rotatable bonds is 13. The summed E-state index contributed by atoms with van der Waals surface area (Å²) in [6.07, 6.45) is 3.09. The Morgan fingerprint density at radius 2 is 1.79 bits per heavy atom. The first-order valence-electron chi connectivity index (χ1n) is 15.1. The molecule has 1 aliphatic rings. The van der Waals surface area contributed by atoms with Crippen LogP contribution in [0.25, 0.3) is 11.1 Å². The van der Waals surface area contributed by atoms with Crippen molar-refractivity contribution in [3.8, 4) is 40.2 Å². The Hall–Kier alpha value is -4.82. The van der Waals surface area contributed by atoms with Crippen molar-refractivity contribution in [3.05, 3.63) is 99.3 Å². The smallest absolute Gasteiger partial charge is 0.313 e. The molecule has 11 heteroatoms. The molecule has 1 aromatic heterocycles. The molecule has 0 aliphatic carbocycles. The van der Waals surface area contributed by atoms with Crippen LogP contribution in [-0.4, -0.2) is 47.5 Å². The first kappa shape index (κ1) is 33.5. The van der Waals surface area contributed by atoms with Crippen LogP contribution in [0, 0.1) is 30.6 Å². The molecule has 0 unspecified atom stereocenters. The zero-order chi connectivity index (χ0) is 33.6. The molecule has 0 fully saturated rings. The zero-order valence-corrected chi connectivity index (χ0v) is 27.2. The van der Waals surface area contributed by atoms with Gasteiger partial charge in [0, 0.05) is 48.2 Å². The number of nitrogens with one attached hydrogen (secondary N) is 1. The molecule has 0 saturated carbocycles. The lowest BCUT2D eigenvalue weighted by Gasteiger charge is -2.23. The summed E-state index contributed by atoms with van der Waals surface area (Å²) >= 11 is 6.71. The van der Waals surface area contributed by atoms with Gasteiger partial charge in [0.2, 0.25) is 0 Å². The number of aromatic nitrogens is 1. The Balaban J connectivity index is 1.38. The van der Waals surface area contributed by atoms with Crippen molar-refractivity contribution in [3.63, 3.8) is 0 Å². The van der Waals surface area contributed by atoms with Crippen molar-refractivity contribution in [2.24, 2.45) is 5.41 Å². The fourth-order valence-corrected chi connectivity index (χ4v) is 5.49. The number of carbonyl (C=O) groups is 1. The monoisotopic (exact) mass is 657 g/mol. The zero-order valence-electron chi connectivity index (χ0n) is 26.4. The van der Waals surface area contributed by atoms with E-state index in [1.54, 1.807) is 24.4 Å². The Kier molecular flexibility index (Phi) is 10.5. The highest BCUT2D eigenvalue weighted by atomic mass is 35.5. The molecule has 0 saturated heterocycles. The van der Waals surface area contributed by atoms with Crippen LogP contribution in [-0.2, 0) is 24.6 Å². The van der Waals surface area contributed by atoms with Crippen molar-refractivity contribution < 1.29 is 34.0 Å². The lowest BCUT2D eigenvalue weighted by molar-refractivity contribution is -0.149. The molecular weight excluding hydrogens is 622 g/mol. The van der Waals surface area contributed by atoms with Crippen LogP contribution in [0.2, 0.25) is 5.02 Å². The molecule has 47 heavy (non-hydrogen) atoms. The van der Waals surface area contributed by atoms with Crippen molar-refractivity contribution in [1.29, 1.82) is 5.26 Å². The van der Waals surface area contributed by atoms with Crippen molar-refractivity contribution >= 4 is 17.6 Å². The van der Waals surface area contributed by atoms with E-state index in [2.05, 4.69) is 29.4 Å². The van der Waals surface area contributed by atoms with Gasteiger partial charge >= 0.3 is 5.97 Å². The number of carboxylic acids is 1. The van der Waals surface area contributed by atoms with E-state index >= 15 is 0 Å². The number of aliphatic hydroxyl groups is 1. The van der Waals surface area contributed by atoms with Gasteiger partial charge in [-0.2, -0.15) is 5.26 Å². The number of fused-ring (bicyclic) bond motifs is 1. The van der Waals surface area contributed by atoms with E-state index in [1.165, 1.54) is 13.1 Å². The standard InChI is InChI=1S/C36H36ClN3O7/c1-22-26(5-4-6-28(22)29-7-8-31-34(23(29)2)45-10-9-44-31)19-47-33-13-32(46-18-25-11-24(14-38)15-39-16-25)27(12-30(33)37)17-40-20-36(3,21-41)35(42)43/h4-8,11-13,15-16,40-41H,9-10,17-21H2,1-3H3,(H,42,43)/t36-/m0/s1. The molecule has 0 bridgehead atoms. The predicted octanol–water partition coefficient (Wildman–Crippen LogP) is 5.99. The topological polar surface area (TPSA) is 143 Å². The molecule has 5 rings (SSSR count). The number of nitriles is 1. The predicted molar refractivity (Wildman–Crippen MR) is 176 cm³/mol. The number of hydrogen-bond donors (Lipinski definition) is 3. The third-order valence-corrected chi connectivity index (χ3v) is 8.50. The van der Waals surface area contributed by atoms with E-state index in [1.807, 2.05) is 31.2 Å². The number of nitrogens with zero attached hydrogens (tertiary/aromatic N) is 2. The number of aliphatic carboxylic acids is 1. The minimum absolute atomic E-state index is 0.0146. The number of hydrogen-bond acceptors (Lipinski definition) is 9. The lowest BCUT2D eigenvalue weighted by Crippen LogP contribution is -2.41. The molecule has 244 valence electrons. The van der Waals surface area contributed by atoms with Crippen molar-refractivity contribution in [1.82, 2.24) is 10.3 Å². The molecule has 0 radical (unpaired) electrons. The number of carboxylic acid groups (broad SMARTS) is 1. The van der Waals surface area contributed by atoms with Crippen LogP contribution < -0.4 is 24.3 Å². The fraction of sp³-hybridized carbons (Fsp3) is 0.306. The summed E-state index contributed by atoms with van der Waals surface area (Å²) in [5.74, 6) is 1.26. The average Bonchev–Trinajstić information content (AvgIpc) is 3.08. The quantitative estimate of drug-likeness (QED) is 0.157. The summed E-state index contributed by atoms with van der Waals surface area (Å²) in [6.45, 7) is 6.65. The first-order chi connectivity index (χ1) is 22.6. The largest absolute Gasteiger partial charge is 0.488 e. The molecule has 10 nitrogen and oxygen atoms in total. The maximum atomic E-state index is 11.7. The maximum absolute atomic E-state index is 11.7. The summed E-state index contributed by atoms with van der Waals surface area (Å²) < 4.78 is 24.1. The van der Waals surface area contributed by atoms with Gasteiger partial charge in [0.15, 0.2) is 11.5 Å². The Morgan fingerprint density at radius 3 is 2.55 bits per heavy atom. The highest BCUT2D eigenvalue weighted by molar-refractivity contribution is 6.32. The lowest BCUT2D eigenvalue weighted by atomic mass is 9.92. The molecule has 1 aliphatic heterocycles. The Morgan fingerprint density at radius 1 is 1.02 bits per heavy atom. The summed E-state index contributed by atoms with van der Waals surface area (Å²) in [7, 11) is 0. The number of pyridine rings is 1. The summed E-state index contributed by atoms with van der Waals surface area (Å²) in [5, 5.41) is 31.9. The molecule has 4 aromatic rings. The summed E-state index contributed by atoms with van der Waals surface area (Å²) in [6, 6.07) is 17.2. The first-order valence-corrected chi connectivity index (χ1v) is 15.5. The Labute approximate surface area is 278 Å². The van der Waals surface area contributed by atoms with Gasteiger partial charge < -0.3 is 34.5 Å². The molecular formula is C36H36ClN3O7. The van der Waals surface area contributed by atoms with Crippen LogP contribution in [0.4, 0.5) is 0 Å². The molecule has 0 spiro atoms. The van der Waals surface area contributed by atoms with Crippen LogP contribution in [0.1, 0.15) is 40.3 Å². The average molecular weight is 658 g/mol. The van der Waals surface area contributed by atoms with Gasteiger partial charge in [0.25, 0.3) is 0 Å². The molecule has 0 amide bonds. The van der Waals surface area contributed by atoms with Gasteiger partial charge in [0.05, 0.1) is 17.2 Å². The van der Waals surface area contributed by atoms with Crippen LogP contribution in [0.15, 0.2) is 60.9 Å². The second kappa shape index (κ2) is 14.7. The Bertz CT molecular complexity index is 1820. The third kappa shape index (κ3) is 7.60. The SMILES string of the molecule is Cc1c(COc2cc(OCc3cncc(C#N)c3)c(CNC[C@@](C)(CO)C(=O)O)cc2Cl)cccc1-c1ccc2c(c1C)OCCO2. The normalized spacial score (nSPS) is 13.4. The van der Waals surface area contributed by atoms with Gasteiger partial charge in [-0.05, 0) is 61.2 Å². The summed E-state index contributed by atoms with van der Waals surface area (Å²) in [4.78, 5) is 15.8. The second-order valence-corrected chi connectivity index (χ2v) is 12.0. The van der Waals surface area contributed by atoms with E-state index in [4.69, 9.17) is 30.5 Å². The van der Waals surface area contributed by atoms with E-state index in [9.17, 15) is 20.3 Å². The highest BCUT2D eigenvalue weighted by Crippen LogP contribution is 2.41. The van der Waals surface area contributed by atoms with Gasteiger partial charge in [-0.1, -0.05) is 35.9 Å². The maximum Gasteiger partial charge on any atom is 0.313 e. The van der Waals surface area contributed by atoms with Gasteiger partial charge in [-0.3, -0.25) is 9.78 Å². The van der Waals surface area contributed by atoms with Crippen molar-refractivity contribution in [2.45, 2.75) is 40.5 Å². The number of benzene rings is 3. The molecule has 1 atom stereocenters. The number of aliphatic hydroxyl groups excluding tert-OH is 1. The number of ether oxygens (including phenoxy) is 4. The van der Waals surface area contributed by atoms with Crippen LogP contribution in [0.5, 0.6) is 23.0 Å². The van der Waals surface area contributed by atoms with E-state index in [-0.39, 0.29) is 26.3 Å². The molecule has 3 N–H and O–H groups in total. The molecule has 2 heterocycles. The van der Waals surface area contributed by atoms with Gasteiger partial charge in [0.1, 0.15) is 49.4 Å². The fourth-order valence-electron chi connectivity index (χ4n) is 5.25. The number of halogens is 1. The van der Waals surface area contributed by atoms with Crippen molar-refractivity contribution in [2.75, 3.05) is 26.4 Å². The van der Waals surface area contributed by atoms with E-state index < -0.39 is 18.0 Å². The molecule has 3 aromatic carbocycles. The second-order valence-electron chi connectivity index (χ2n) is 11.6.